The first kappa shape index (κ1) is 66.6. The highest BCUT2D eigenvalue weighted by Gasteiger charge is 2.33. The average Bonchev–Trinajstić information content (AvgIpc) is 3.31. The molecular formula is C52H100N10O9. The second kappa shape index (κ2) is 41.1. The Morgan fingerprint density at radius 3 is 1.06 bits per heavy atom. The van der Waals surface area contributed by atoms with Crippen LogP contribution in [0.1, 0.15) is 209 Å². The lowest BCUT2D eigenvalue weighted by molar-refractivity contribution is -0.142. The molecule has 0 fully saturated rings. The van der Waals surface area contributed by atoms with E-state index in [2.05, 4.69) is 44.1 Å². The Balaban J connectivity index is 5.69. The second-order valence-electron chi connectivity index (χ2n) is 20.3. The van der Waals surface area contributed by atoms with Gasteiger partial charge in [0.15, 0.2) is 0 Å². The molecule has 7 atom stereocenters. The fourth-order valence-electron chi connectivity index (χ4n) is 8.15. The van der Waals surface area contributed by atoms with Crippen molar-refractivity contribution in [1.82, 2.24) is 37.2 Å². The first-order valence-corrected chi connectivity index (χ1v) is 27.3. The minimum atomic E-state index is -1.22. The van der Waals surface area contributed by atoms with Crippen LogP contribution in [0.3, 0.4) is 0 Å². The minimum Gasteiger partial charge on any atom is -0.480 e. The number of unbranched alkanes of at least 4 members (excludes halogenated alkanes) is 15. The van der Waals surface area contributed by atoms with E-state index in [1.54, 1.807) is 6.92 Å². The molecule has 0 saturated heterocycles. The number of carboxylic acids is 1. The third-order valence-electron chi connectivity index (χ3n) is 12.4. The van der Waals surface area contributed by atoms with Gasteiger partial charge in [0.05, 0.1) is 0 Å². The van der Waals surface area contributed by atoms with E-state index in [0.717, 1.165) is 25.7 Å². The van der Waals surface area contributed by atoms with E-state index in [-0.39, 0.29) is 49.8 Å². The molecule has 0 rings (SSSR count). The summed E-state index contributed by atoms with van der Waals surface area (Å²) in [5.74, 6) is -5.46. The zero-order valence-corrected chi connectivity index (χ0v) is 44.9. The van der Waals surface area contributed by atoms with Gasteiger partial charge in [0.1, 0.15) is 42.3 Å². The van der Waals surface area contributed by atoms with E-state index in [0.29, 0.717) is 64.6 Å². The van der Waals surface area contributed by atoms with Gasteiger partial charge in [-0.3, -0.25) is 33.6 Å². The van der Waals surface area contributed by atoms with Gasteiger partial charge < -0.3 is 59.5 Å². The zero-order chi connectivity index (χ0) is 53.6. The molecule has 0 spiro atoms. The molecule has 0 saturated carbocycles. The number of hydrogen-bond donors (Lipinski definition) is 11. The highest BCUT2D eigenvalue weighted by molar-refractivity contribution is 5.97. The monoisotopic (exact) mass is 1010 g/mol. The molecular weight excluding hydrogens is 909 g/mol. The van der Waals surface area contributed by atoms with Gasteiger partial charge in [0.25, 0.3) is 0 Å². The first-order chi connectivity index (χ1) is 33.8. The van der Waals surface area contributed by atoms with E-state index in [9.17, 15) is 43.5 Å². The third kappa shape index (κ3) is 33.1. The standard InChI is InChI=1S/C52H100N10O9/c1-8-9-10-11-12-13-14-15-16-17-18-19-20-30-45(63)56-38(6)46(64)57-39(7)47(65)61-43(34-36(2)3)51(69)62-44(35-37(4)5)50(68)59-40(27-21-24-31-53)48(66)58-41(28-22-25-32-54)49(67)60-42(52(70)71)29-23-26-33-55/h36-44H,8-35,53-55H2,1-7H3,(H,56,63)(H,57,64)(H,58,66)(H,59,68)(H,60,67)(H,61,65)(H,62,69)(H,70,71)/t38-,39-,40-,41-,42-,43-,44-/m0/s1. The second-order valence-corrected chi connectivity index (χ2v) is 20.3. The van der Waals surface area contributed by atoms with Crippen LogP contribution >= 0.6 is 0 Å². The lowest BCUT2D eigenvalue weighted by atomic mass is 9.99. The topological polar surface area (TPSA) is 319 Å². The van der Waals surface area contributed by atoms with Gasteiger partial charge in [0.2, 0.25) is 41.4 Å². The van der Waals surface area contributed by atoms with E-state index in [1.807, 2.05) is 27.7 Å². The van der Waals surface area contributed by atoms with Gasteiger partial charge in [0, 0.05) is 6.42 Å². The fourth-order valence-corrected chi connectivity index (χ4v) is 8.15. The molecule has 412 valence electrons. The Morgan fingerprint density at radius 1 is 0.366 bits per heavy atom. The van der Waals surface area contributed by atoms with Crippen molar-refractivity contribution < 1.29 is 43.5 Å². The molecule has 0 bridgehead atoms. The summed E-state index contributed by atoms with van der Waals surface area (Å²) in [5.41, 5.74) is 17.0. The van der Waals surface area contributed by atoms with Crippen LogP contribution in [0.5, 0.6) is 0 Å². The van der Waals surface area contributed by atoms with Gasteiger partial charge in [-0.2, -0.15) is 0 Å². The molecule has 19 heteroatoms. The summed E-state index contributed by atoms with van der Waals surface area (Å²) in [6.07, 6.45) is 19.8. The van der Waals surface area contributed by atoms with Crippen LogP contribution < -0.4 is 54.4 Å². The minimum absolute atomic E-state index is 0.0687. The van der Waals surface area contributed by atoms with Gasteiger partial charge in [-0.15, -0.1) is 0 Å². The van der Waals surface area contributed by atoms with Crippen molar-refractivity contribution >= 4 is 47.3 Å². The number of rotatable bonds is 44. The molecule has 0 aromatic heterocycles. The number of carbonyl (C=O) groups excluding carboxylic acids is 7. The molecule has 0 aliphatic rings. The van der Waals surface area contributed by atoms with Crippen molar-refractivity contribution in [1.29, 1.82) is 0 Å². The van der Waals surface area contributed by atoms with Crippen LogP contribution in [0.25, 0.3) is 0 Å². The summed E-state index contributed by atoms with van der Waals surface area (Å²) >= 11 is 0. The van der Waals surface area contributed by atoms with Crippen molar-refractivity contribution in [2.24, 2.45) is 29.0 Å². The van der Waals surface area contributed by atoms with Gasteiger partial charge in [-0.05, 0) is 122 Å². The number of hydrogen-bond acceptors (Lipinski definition) is 11. The highest BCUT2D eigenvalue weighted by Crippen LogP contribution is 2.15. The van der Waals surface area contributed by atoms with Gasteiger partial charge in [-0.1, -0.05) is 112 Å². The Morgan fingerprint density at radius 2 is 0.676 bits per heavy atom. The van der Waals surface area contributed by atoms with Crippen LogP contribution in [0, 0.1) is 11.8 Å². The van der Waals surface area contributed by atoms with Gasteiger partial charge >= 0.3 is 5.97 Å². The van der Waals surface area contributed by atoms with Gasteiger partial charge in [-0.25, -0.2) is 4.79 Å². The zero-order valence-electron chi connectivity index (χ0n) is 44.9. The Hall–Kier alpha value is -4.36. The van der Waals surface area contributed by atoms with E-state index >= 15 is 0 Å². The number of aliphatic carboxylic acids is 1. The molecule has 0 aromatic carbocycles. The van der Waals surface area contributed by atoms with Crippen molar-refractivity contribution in [3.8, 4) is 0 Å². The molecule has 0 aliphatic carbocycles. The van der Waals surface area contributed by atoms with E-state index < -0.39 is 83.7 Å². The summed E-state index contributed by atoms with van der Waals surface area (Å²) in [4.78, 5) is 107. The number of nitrogens with one attached hydrogen (secondary N) is 7. The quantitative estimate of drug-likeness (QED) is 0.0377. The number of carbonyl (C=O) groups is 8. The fraction of sp³-hybridized carbons (Fsp3) is 0.846. The Labute approximate surface area is 426 Å². The number of amides is 7. The van der Waals surface area contributed by atoms with Crippen LogP contribution in [0.15, 0.2) is 0 Å². The normalized spacial score (nSPS) is 14.3. The molecule has 0 radical (unpaired) electrons. The summed E-state index contributed by atoms with van der Waals surface area (Å²) < 4.78 is 0. The summed E-state index contributed by atoms with van der Waals surface area (Å²) in [6.45, 7) is 13.8. The molecule has 19 nitrogen and oxygen atoms in total. The maximum absolute atomic E-state index is 14.1. The molecule has 7 amide bonds. The lowest BCUT2D eigenvalue weighted by Gasteiger charge is -2.28. The molecule has 71 heavy (non-hydrogen) atoms. The maximum Gasteiger partial charge on any atom is 0.326 e. The van der Waals surface area contributed by atoms with Crippen LogP contribution in [-0.2, 0) is 38.4 Å². The lowest BCUT2D eigenvalue weighted by Crippen LogP contribution is -2.60. The third-order valence-corrected chi connectivity index (χ3v) is 12.4. The summed E-state index contributed by atoms with van der Waals surface area (Å²) in [7, 11) is 0. The SMILES string of the molecule is CCCCCCCCCCCCCCCC(=O)N[C@@H](C)C(=O)N[C@@H](C)C(=O)N[C@@H](CC(C)C)C(=O)N[C@@H](CC(C)C)C(=O)N[C@@H](CCCCN)C(=O)N[C@@H](CCCCN)C(=O)N[C@@H](CCCCN)C(=O)O. The van der Waals surface area contributed by atoms with E-state index in [1.165, 1.54) is 64.7 Å². The highest BCUT2D eigenvalue weighted by atomic mass is 16.4. The van der Waals surface area contributed by atoms with Crippen molar-refractivity contribution in [2.45, 2.75) is 251 Å². The van der Waals surface area contributed by atoms with Crippen molar-refractivity contribution in [3.63, 3.8) is 0 Å². The van der Waals surface area contributed by atoms with E-state index in [4.69, 9.17) is 17.2 Å². The van der Waals surface area contributed by atoms with Crippen LogP contribution in [0.4, 0.5) is 0 Å². The summed E-state index contributed by atoms with van der Waals surface area (Å²) in [6, 6.07) is -7.66. The first-order valence-electron chi connectivity index (χ1n) is 27.3. The Kier molecular flexibility index (Phi) is 38.6. The summed E-state index contributed by atoms with van der Waals surface area (Å²) in [5, 5.41) is 28.7. The average molecular weight is 1010 g/mol. The predicted octanol–water partition coefficient (Wildman–Crippen LogP) is 4.46. The molecule has 0 heterocycles. The maximum atomic E-state index is 14.1. The molecule has 0 aliphatic heterocycles. The molecule has 14 N–H and O–H groups in total. The van der Waals surface area contributed by atoms with Crippen LogP contribution in [-0.4, -0.2) is 114 Å². The number of carboxylic acid groups (broad SMARTS) is 1. The largest absolute Gasteiger partial charge is 0.480 e. The molecule has 0 aromatic rings. The van der Waals surface area contributed by atoms with Crippen molar-refractivity contribution in [2.75, 3.05) is 19.6 Å². The smallest absolute Gasteiger partial charge is 0.326 e. The van der Waals surface area contributed by atoms with Crippen LogP contribution in [0.2, 0.25) is 0 Å². The number of nitrogens with two attached hydrogens (primary N) is 3. The van der Waals surface area contributed by atoms with Crippen molar-refractivity contribution in [3.05, 3.63) is 0 Å². The molecule has 0 unspecified atom stereocenters. The Bertz CT molecular complexity index is 1530. The predicted molar refractivity (Wildman–Crippen MR) is 280 cm³/mol.